The van der Waals surface area contributed by atoms with Crippen molar-refractivity contribution in [1.82, 2.24) is 4.90 Å². The van der Waals surface area contributed by atoms with Crippen molar-refractivity contribution in [3.8, 4) is 0 Å². The van der Waals surface area contributed by atoms with Crippen LogP contribution in [0.3, 0.4) is 0 Å². The molecule has 29 heavy (non-hydrogen) atoms. The molecule has 2 aliphatic rings. The second kappa shape index (κ2) is 7.87. The third-order valence-electron chi connectivity index (χ3n) is 5.74. The minimum Gasteiger partial charge on any atom is -0.369 e. The fourth-order valence-corrected chi connectivity index (χ4v) is 4.08. The van der Waals surface area contributed by atoms with E-state index in [2.05, 4.69) is 53.3 Å². The number of piperazine rings is 1. The summed E-state index contributed by atoms with van der Waals surface area (Å²) >= 11 is 0. The SMILES string of the molecule is Cc1cc(NC=C2C(=O)Nc3cccc(F)c32)ccc1N1CCN(C(C)C)CC1. The van der Waals surface area contributed by atoms with E-state index in [-0.39, 0.29) is 5.91 Å². The summed E-state index contributed by atoms with van der Waals surface area (Å²) in [6.07, 6.45) is 1.58. The van der Waals surface area contributed by atoms with Crippen molar-refractivity contribution in [2.24, 2.45) is 0 Å². The summed E-state index contributed by atoms with van der Waals surface area (Å²) in [5, 5.41) is 5.86. The van der Waals surface area contributed by atoms with E-state index in [9.17, 15) is 9.18 Å². The van der Waals surface area contributed by atoms with Gasteiger partial charge < -0.3 is 15.5 Å². The van der Waals surface area contributed by atoms with Gasteiger partial charge >= 0.3 is 0 Å². The van der Waals surface area contributed by atoms with Gasteiger partial charge in [-0.3, -0.25) is 9.69 Å². The van der Waals surface area contributed by atoms with Crippen LogP contribution in [0.2, 0.25) is 0 Å². The summed E-state index contributed by atoms with van der Waals surface area (Å²) in [6.45, 7) is 10.8. The lowest BCUT2D eigenvalue weighted by atomic mass is 10.1. The summed E-state index contributed by atoms with van der Waals surface area (Å²) in [7, 11) is 0. The maximum absolute atomic E-state index is 14.2. The van der Waals surface area contributed by atoms with Crippen LogP contribution in [0.4, 0.5) is 21.5 Å². The topological polar surface area (TPSA) is 47.6 Å². The van der Waals surface area contributed by atoms with E-state index in [0.29, 0.717) is 22.9 Å². The van der Waals surface area contributed by atoms with Crippen molar-refractivity contribution in [1.29, 1.82) is 0 Å². The summed E-state index contributed by atoms with van der Waals surface area (Å²) in [4.78, 5) is 17.1. The molecule has 1 fully saturated rings. The number of halogens is 1. The Balaban J connectivity index is 1.49. The molecule has 0 bridgehead atoms. The van der Waals surface area contributed by atoms with Gasteiger partial charge in [0.1, 0.15) is 5.82 Å². The Morgan fingerprint density at radius 1 is 1.14 bits per heavy atom. The molecule has 0 saturated carbocycles. The van der Waals surface area contributed by atoms with Crippen molar-refractivity contribution >= 4 is 28.5 Å². The zero-order chi connectivity index (χ0) is 20.5. The van der Waals surface area contributed by atoms with Gasteiger partial charge in [-0.2, -0.15) is 0 Å². The molecule has 2 aromatic carbocycles. The van der Waals surface area contributed by atoms with Crippen LogP contribution >= 0.6 is 0 Å². The highest BCUT2D eigenvalue weighted by Gasteiger charge is 2.27. The molecule has 0 spiro atoms. The first-order chi connectivity index (χ1) is 13.9. The van der Waals surface area contributed by atoms with Crippen molar-refractivity contribution in [2.45, 2.75) is 26.8 Å². The Morgan fingerprint density at radius 2 is 1.90 bits per heavy atom. The van der Waals surface area contributed by atoms with E-state index in [0.717, 1.165) is 31.9 Å². The lowest BCUT2D eigenvalue weighted by Gasteiger charge is -2.38. The maximum atomic E-state index is 14.2. The van der Waals surface area contributed by atoms with Crippen LogP contribution in [0.1, 0.15) is 25.0 Å². The maximum Gasteiger partial charge on any atom is 0.257 e. The van der Waals surface area contributed by atoms with Gasteiger partial charge in [-0.25, -0.2) is 4.39 Å². The lowest BCUT2D eigenvalue weighted by Crippen LogP contribution is -2.49. The number of benzene rings is 2. The van der Waals surface area contributed by atoms with Gasteiger partial charge in [0.15, 0.2) is 0 Å². The molecule has 0 radical (unpaired) electrons. The predicted molar refractivity (Wildman–Crippen MR) is 117 cm³/mol. The molecule has 2 N–H and O–H groups in total. The van der Waals surface area contributed by atoms with Crippen molar-refractivity contribution in [3.05, 3.63) is 59.5 Å². The summed E-state index contributed by atoms with van der Waals surface area (Å²) in [6, 6.07) is 11.4. The molecule has 5 nitrogen and oxygen atoms in total. The van der Waals surface area contributed by atoms with Crippen LogP contribution in [-0.4, -0.2) is 43.0 Å². The second-order valence-electron chi connectivity index (χ2n) is 7.94. The number of carbonyl (C=O) groups excluding carboxylic acids is 1. The fourth-order valence-electron chi connectivity index (χ4n) is 4.08. The third kappa shape index (κ3) is 3.85. The highest BCUT2D eigenvalue weighted by molar-refractivity contribution is 6.31. The molecule has 2 aromatic rings. The molecule has 1 amide bonds. The number of rotatable bonds is 4. The Morgan fingerprint density at radius 3 is 2.59 bits per heavy atom. The number of anilines is 3. The van der Waals surface area contributed by atoms with Crippen molar-refractivity contribution < 1.29 is 9.18 Å². The smallest absolute Gasteiger partial charge is 0.257 e. The minimum absolute atomic E-state index is 0.297. The van der Waals surface area contributed by atoms with Gasteiger partial charge in [0.25, 0.3) is 5.91 Å². The predicted octanol–water partition coefficient (Wildman–Crippen LogP) is 4.07. The quantitative estimate of drug-likeness (QED) is 0.768. The number of nitrogens with one attached hydrogen (secondary N) is 2. The summed E-state index contributed by atoms with van der Waals surface area (Å²) < 4.78 is 14.2. The average Bonchev–Trinajstić information content (AvgIpc) is 3.03. The lowest BCUT2D eigenvalue weighted by molar-refractivity contribution is -0.110. The third-order valence-corrected chi connectivity index (χ3v) is 5.74. The molecule has 4 rings (SSSR count). The van der Waals surface area contributed by atoms with Gasteiger partial charge in [0.05, 0.1) is 11.3 Å². The Hall–Kier alpha value is -2.86. The van der Waals surface area contributed by atoms with Crippen molar-refractivity contribution in [2.75, 3.05) is 41.7 Å². The summed E-state index contributed by atoms with van der Waals surface area (Å²) in [5.74, 6) is -0.699. The standard InChI is InChI=1S/C23H27FN4O/c1-15(2)27-9-11-28(12-10-27)21-8-7-17(13-16(21)3)25-14-18-22-19(24)5-4-6-20(22)26-23(18)29/h4-8,13-15,25H,9-12H2,1-3H3,(H,26,29). The first-order valence-electron chi connectivity index (χ1n) is 10.1. The molecule has 2 heterocycles. The van der Waals surface area contributed by atoms with Crippen LogP contribution in [0.5, 0.6) is 0 Å². The number of aryl methyl sites for hydroxylation is 1. The largest absolute Gasteiger partial charge is 0.369 e. The monoisotopic (exact) mass is 394 g/mol. The molecule has 0 aromatic heterocycles. The van der Waals surface area contributed by atoms with E-state index in [1.54, 1.807) is 18.3 Å². The Labute approximate surface area is 171 Å². The minimum atomic E-state index is -0.402. The van der Waals surface area contributed by atoms with Gasteiger partial charge in [0, 0.05) is 55.4 Å². The highest BCUT2D eigenvalue weighted by atomic mass is 19.1. The number of hydrogen-bond acceptors (Lipinski definition) is 4. The van der Waals surface area contributed by atoms with Crippen LogP contribution in [0.25, 0.3) is 5.57 Å². The molecule has 0 atom stereocenters. The second-order valence-corrected chi connectivity index (χ2v) is 7.94. The molecular weight excluding hydrogens is 367 g/mol. The Bertz CT molecular complexity index is 961. The van der Waals surface area contributed by atoms with E-state index in [4.69, 9.17) is 0 Å². The average molecular weight is 394 g/mol. The molecule has 6 heteroatoms. The van der Waals surface area contributed by atoms with E-state index in [1.165, 1.54) is 17.3 Å². The normalized spacial score (nSPS) is 18.3. The summed E-state index contributed by atoms with van der Waals surface area (Å²) in [5.41, 5.74) is 4.42. The highest BCUT2D eigenvalue weighted by Crippen LogP contribution is 2.34. The van der Waals surface area contributed by atoms with Crippen LogP contribution < -0.4 is 15.5 Å². The van der Waals surface area contributed by atoms with Gasteiger partial charge in [-0.1, -0.05) is 6.07 Å². The number of fused-ring (bicyclic) bond motifs is 1. The van der Waals surface area contributed by atoms with Crippen LogP contribution in [0.15, 0.2) is 42.6 Å². The fraction of sp³-hybridized carbons (Fsp3) is 0.348. The van der Waals surface area contributed by atoms with Crippen LogP contribution in [-0.2, 0) is 4.79 Å². The van der Waals surface area contributed by atoms with Gasteiger partial charge in [0.2, 0.25) is 0 Å². The molecule has 152 valence electrons. The van der Waals surface area contributed by atoms with Crippen molar-refractivity contribution in [3.63, 3.8) is 0 Å². The number of nitrogens with zero attached hydrogens (tertiary/aromatic N) is 2. The number of hydrogen-bond donors (Lipinski definition) is 2. The first kappa shape index (κ1) is 19.5. The van der Waals surface area contributed by atoms with Gasteiger partial charge in [-0.15, -0.1) is 0 Å². The van der Waals surface area contributed by atoms with E-state index in [1.807, 2.05) is 6.07 Å². The zero-order valence-electron chi connectivity index (χ0n) is 17.1. The molecule has 2 aliphatic heterocycles. The van der Waals surface area contributed by atoms with E-state index < -0.39 is 5.82 Å². The molecule has 0 unspecified atom stereocenters. The zero-order valence-corrected chi connectivity index (χ0v) is 17.1. The number of amides is 1. The first-order valence-corrected chi connectivity index (χ1v) is 10.1. The molecule has 0 aliphatic carbocycles. The van der Waals surface area contributed by atoms with Crippen LogP contribution in [0, 0.1) is 12.7 Å². The molecular formula is C23H27FN4O. The Kier molecular flexibility index (Phi) is 5.28. The van der Waals surface area contributed by atoms with Gasteiger partial charge in [-0.05, 0) is 56.7 Å². The van der Waals surface area contributed by atoms with E-state index >= 15 is 0 Å². The number of carbonyl (C=O) groups is 1. The molecule has 1 saturated heterocycles.